The Morgan fingerprint density at radius 1 is 1.29 bits per heavy atom. The molecule has 2 aromatic carbocycles. The number of aromatic hydroxyl groups is 1. The number of phenols is 1. The molecular weight excluding hydrogens is 336 g/mol. The summed E-state index contributed by atoms with van der Waals surface area (Å²) < 4.78 is 11.4. The van der Waals surface area contributed by atoms with E-state index in [4.69, 9.17) is 9.47 Å². The molecule has 5 heteroatoms. The summed E-state index contributed by atoms with van der Waals surface area (Å²) in [4.78, 5) is 12.3. The number of phenolic OH excluding ortho intramolecular Hbond substituents is 1. The lowest BCUT2D eigenvalue weighted by Gasteiger charge is -2.04. The van der Waals surface area contributed by atoms with Crippen LogP contribution in [-0.2, 0) is 0 Å². The highest BCUT2D eigenvalue weighted by atomic mass is 79.9. The van der Waals surface area contributed by atoms with Crippen molar-refractivity contribution < 1.29 is 19.4 Å². The van der Waals surface area contributed by atoms with Crippen molar-refractivity contribution >= 4 is 27.8 Å². The summed E-state index contributed by atoms with van der Waals surface area (Å²) in [6.07, 6.45) is 1.62. The van der Waals surface area contributed by atoms with Gasteiger partial charge in [-0.1, -0.05) is 12.1 Å². The lowest BCUT2D eigenvalue weighted by Crippen LogP contribution is -1.98. The van der Waals surface area contributed by atoms with Gasteiger partial charge < -0.3 is 14.6 Å². The van der Waals surface area contributed by atoms with E-state index in [0.717, 1.165) is 4.47 Å². The number of halogens is 1. The fourth-order valence-electron chi connectivity index (χ4n) is 2.11. The Morgan fingerprint density at radius 2 is 2.10 bits per heavy atom. The van der Waals surface area contributed by atoms with E-state index in [-0.39, 0.29) is 17.3 Å². The summed E-state index contributed by atoms with van der Waals surface area (Å²) in [6, 6.07) is 10.2. The third-order valence-electron chi connectivity index (χ3n) is 3.15. The van der Waals surface area contributed by atoms with E-state index in [1.165, 1.54) is 13.2 Å². The third kappa shape index (κ3) is 2.40. The number of rotatable bonds is 2. The first-order valence-corrected chi connectivity index (χ1v) is 6.99. The molecule has 1 heterocycles. The van der Waals surface area contributed by atoms with E-state index in [1.807, 2.05) is 6.07 Å². The Balaban J connectivity index is 2.00. The summed E-state index contributed by atoms with van der Waals surface area (Å²) in [5, 5.41) is 9.58. The number of carbonyl (C=O) groups excluding carboxylic acids is 1. The first-order valence-electron chi connectivity index (χ1n) is 6.20. The molecule has 2 aromatic rings. The molecule has 0 bridgehead atoms. The van der Waals surface area contributed by atoms with E-state index in [1.54, 1.807) is 30.3 Å². The van der Waals surface area contributed by atoms with Crippen molar-refractivity contribution in [2.75, 3.05) is 7.11 Å². The van der Waals surface area contributed by atoms with Crippen molar-refractivity contribution in [2.45, 2.75) is 0 Å². The summed E-state index contributed by atoms with van der Waals surface area (Å²) in [7, 11) is 1.47. The van der Waals surface area contributed by atoms with Crippen LogP contribution in [0.4, 0.5) is 0 Å². The number of hydrogen-bond donors (Lipinski definition) is 1. The number of Topliss-reactive ketones (excluding diaryl/α,β-unsaturated/α-hetero) is 1. The van der Waals surface area contributed by atoms with Gasteiger partial charge >= 0.3 is 0 Å². The molecule has 1 aliphatic heterocycles. The van der Waals surface area contributed by atoms with E-state index < -0.39 is 0 Å². The van der Waals surface area contributed by atoms with Gasteiger partial charge in [-0.3, -0.25) is 4.79 Å². The number of carbonyl (C=O) groups is 1. The van der Waals surface area contributed by atoms with Crippen molar-refractivity contribution in [1.82, 2.24) is 0 Å². The minimum atomic E-state index is -0.168. The van der Waals surface area contributed by atoms with Crippen LogP contribution in [0.1, 0.15) is 15.9 Å². The standard InChI is InChI=1S/C16H11BrO4/c1-20-13-7-9(5-6-12(13)18)8-14-15(19)10-3-2-4-11(17)16(10)21-14/h2-8,18H,1H3. The monoisotopic (exact) mass is 346 g/mol. The number of benzene rings is 2. The van der Waals surface area contributed by atoms with E-state index in [0.29, 0.717) is 22.6 Å². The van der Waals surface area contributed by atoms with Crippen molar-refractivity contribution in [1.29, 1.82) is 0 Å². The van der Waals surface area contributed by atoms with Crippen LogP contribution in [0.3, 0.4) is 0 Å². The average Bonchev–Trinajstić information content (AvgIpc) is 2.80. The number of ketones is 1. The molecule has 0 unspecified atom stereocenters. The molecule has 0 aliphatic carbocycles. The zero-order valence-corrected chi connectivity index (χ0v) is 12.7. The summed E-state index contributed by atoms with van der Waals surface area (Å²) in [5.74, 6) is 0.986. The zero-order valence-electron chi connectivity index (χ0n) is 11.1. The lowest BCUT2D eigenvalue weighted by atomic mass is 10.1. The quantitative estimate of drug-likeness (QED) is 0.840. The van der Waals surface area contributed by atoms with Crippen LogP contribution in [-0.4, -0.2) is 18.0 Å². The topological polar surface area (TPSA) is 55.8 Å². The highest BCUT2D eigenvalue weighted by Gasteiger charge is 2.28. The van der Waals surface area contributed by atoms with E-state index >= 15 is 0 Å². The maximum absolute atomic E-state index is 12.3. The molecule has 0 spiro atoms. The molecule has 0 aromatic heterocycles. The number of hydrogen-bond acceptors (Lipinski definition) is 4. The van der Waals surface area contributed by atoms with Gasteiger partial charge in [-0.25, -0.2) is 0 Å². The van der Waals surface area contributed by atoms with Gasteiger partial charge in [0.2, 0.25) is 5.78 Å². The van der Waals surface area contributed by atoms with Gasteiger partial charge in [-0.15, -0.1) is 0 Å². The molecule has 21 heavy (non-hydrogen) atoms. The van der Waals surface area contributed by atoms with Gasteiger partial charge in [-0.2, -0.15) is 0 Å². The van der Waals surface area contributed by atoms with Crippen molar-refractivity contribution in [2.24, 2.45) is 0 Å². The number of methoxy groups -OCH3 is 1. The van der Waals surface area contributed by atoms with Crippen LogP contribution < -0.4 is 9.47 Å². The Bertz CT molecular complexity index is 765. The molecular formula is C16H11BrO4. The predicted molar refractivity (Wildman–Crippen MR) is 81.7 cm³/mol. The summed E-state index contributed by atoms with van der Waals surface area (Å²) in [6.45, 7) is 0. The van der Waals surface area contributed by atoms with Crippen LogP contribution in [0.25, 0.3) is 6.08 Å². The molecule has 0 saturated heterocycles. The number of fused-ring (bicyclic) bond motifs is 1. The molecule has 0 atom stereocenters. The SMILES string of the molecule is COc1cc(C=C2Oc3c(Br)cccc3C2=O)ccc1O. The smallest absolute Gasteiger partial charge is 0.232 e. The van der Waals surface area contributed by atoms with Gasteiger partial charge in [0.25, 0.3) is 0 Å². The minimum Gasteiger partial charge on any atom is -0.504 e. The maximum Gasteiger partial charge on any atom is 0.232 e. The molecule has 0 radical (unpaired) electrons. The second-order valence-electron chi connectivity index (χ2n) is 4.49. The second-order valence-corrected chi connectivity index (χ2v) is 5.34. The third-order valence-corrected chi connectivity index (χ3v) is 3.77. The van der Waals surface area contributed by atoms with E-state index in [9.17, 15) is 9.90 Å². The molecule has 4 nitrogen and oxygen atoms in total. The van der Waals surface area contributed by atoms with Crippen molar-refractivity contribution in [3.05, 3.63) is 57.8 Å². The second kappa shape index (κ2) is 5.26. The van der Waals surface area contributed by atoms with Crippen molar-refractivity contribution in [3.8, 4) is 17.2 Å². The molecule has 3 rings (SSSR count). The van der Waals surface area contributed by atoms with Gasteiger partial charge in [0.15, 0.2) is 23.0 Å². The minimum absolute atomic E-state index is 0.0457. The molecule has 106 valence electrons. The van der Waals surface area contributed by atoms with Gasteiger partial charge in [0.05, 0.1) is 17.1 Å². The fraction of sp³-hybridized carbons (Fsp3) is 0.0625. The summed E-state index contributed by atoms with van der Waals surface area (Å²) in [5.41, 5.74) is 1.23. The Kier molecular flexibility index (Phi) is 3.43. The first kappa shape index (κ1) is 13.7. The Hall–Kier alpha value is -2.27. The van der Waals surface area contributed by atoms with Crippen LogP contribution in [0, 0.1) is 0 Å². The van der Waals surface area contributed by atoms with Gasteiger partial charge in [0.1, 0.15) is 0 Å². The highest BCUT2D eigenvalue weighted by Crippen LogP contribution is 2.38. The lowest BCUT2D eigenvalue weighted by molar-refractivity contribution is 0.101. The van der Waals surface area contributed by atoms with Gasteiger partial charge in [-0.05, 0) is 51.8 Å². The zero-order chi connectivity index (χ0) is 15.0. The number of allylic oxidation sites excluding steroid dienone is 1. The maximum atomic E-state index is 12.3. The van der Waals surface area contributed by atoms with Crippen LogP contribution in [0.15, 0.2) is 46.6 Å². The predicted octanol–water partition coefficient (Wildman–Crippen LogP) is 3.78. The molecule has 0 fully saturated rings. The molecule has 0 amide bonds. The van der Waals surface area contributed by atoms with E-state index in [2.05, 4.69) is 15.9 Å². The first-order chi connectivity index (χ1) is 10.1. The molecule has 1 N–H and O–H groups in total. The summed E-state index contributed by atoms with van der Waals surface area (Å²) >= 11 is 3.36. The van der Waals surface area contributed by atoms with Crippen LogP contribution >= 0.6 is 15.9 Å². The molecule has 1 aliphatic rings. The van der Waals surface area contributed by atoms with Crippen molar-refractivity contribution in [3.63, 3.8) is 0 Å². The number of para-hydroxylation sites is 1. The Labute approximate surface area is 129 Å². The fourth-order valence-corrected chi connectivity index (χ4v) is 2.56. The molecule has 0 saturated carbocycles. The largest absolute Gasteiger partial charge is 0.504 e. The highest BCUT2D eigenvalue weighted by molar-refractivity contribution is 9.10. The van der Waals surface area contributed by atoms with Gasteiger partial charge in [0, 0.05) is 0 Å². The van der Waals surface area contributed by atoms with Crippen LogP contribution in [0.2, 0.25) is 0 Å². The van der Waals surface area contributed by atoms with Crippen LogP contribution in [0.5, 0.6) is 17.2 Å². The normalized spacial score (nSPS) is 15.0. The number of ether oxygens (including phenoxy) is 2. The average molecular weight is 347 g/mol. The Morgan fingerprint density at radius 3 is 2.81 bits per heavy atom.